The van der Waals surface area contributed by atoms with Gasteiger partial charge in [-0.05, 0) is 32.9 Å². The highest BCUT2D eigenvalue weighted by molar-refractivity contribution is 4.78. The molecule has 1 atom stereocenters. The minimum absolute atomic E-state index is 0.442. The van der Waals surface area contributed by atoms with Gasteiger partial charge in [0.25, 0.3) is 0 Å². The fraction of sp³-hybridized carbons (Fsp3) is 0.900. The largest absolute Gasteiger partial charge is 0.302 e. The smallest absolute Gasteiger partial charge is 0.0843 e. The lowest BCUT2D eigenvalue weighted by Gasteiger charge is -2.29. The number of nitrogens with zero attached hydrogens (tertiary/aromatic N) is 2. The molecule has 1 fully saturated rings. The van der Waals surface area contributed by atoms with Gasteiger partial charge in [-0.1, -0.05) is 6.42 Å². The van der Waals surface area contributed by atoms with Gasteiger partial charge in [0, 0.05) is 12.6 Å². The van der Waals surface area contributed by atoms with Crippen LogP contribution in [-0.4, -0.2) is 37.1 Å². The fourth-order valence-corrected chi connectivity index (χ4v) is 1.81. The molecule has 0 aromatic heterocycles. The molecule has 0 spiro atoms. The Morgan fingerprint density at radius 1 is 1.38 bits per heavy atom. The molecule has 1 rings (SSSR count). The summed E-state index contributed by atoms with van der Waals surface area (Å²) in [5.41, 5.74) is 0. The number of piperidine rings is 1. The maximum Gasteiger partial charge on any atom is 0.0843 e. The van der Waals surface area contributed by atoms with E-state index in [0.717, 1.165) is 6.54 Å². The van der Waals surface area contributed by atoms with Gasteiger partial charge in [0.15, 0.2) is 0 Å². The van der Waals surface area contributed by atoms with E-state index in [1.54, 1.807) is 0 Å². The molecule has 1 aliphatic rings. The second-order valence-corrected chi connectivity index (χ2v) is 3.80. The van der Waals surface area contributed by atoms with Crippen molar-refractivity contribution in [1.29, 1.82) is 5.26 Å². The van der Waals surface area contributed by atoms with Crippen LogP contribution in [0.15, 0.2) is 0 Å². The van der Waals surface area contributed by atoms with E-state index in [2.05, 4.69) is 23.2 Å². The summed E-state index contributed by atoms with van der Waals surface area (Å²) < 4.78 is 0. The van der Waals surface area contributed by atoms with Gasteiger partial charge in [-0.3, -0.25) is 0 Å². The summed E-state index contributed by atoms with van der Waals surface area (Å²) in [5, 5.41) is 11.6. The Kier molecular flexibility index (Phi) is 4.81. The molecule has 1 unspecified atom stereocenters. The summed E-state index contributed by atoms with van der Waals surface area (Å²) >= 11 is 0. The molecular weight excluding hydrogens is 162 g/mol. The van der Waals surface area contributed by atoms with Crippen LogP contribution in [0.2, 0.25) is 0 Å². The molecule has 0 radical (unpaired) electrons. The van der Waals surface area contributed by atoms with Crippen LogP contribution in [0.5, 0.6) is 0 Å². The van der Waals surface area contributed by atoms with Crippen LogP contribution in [0.1, 0.15) is 26.2 Å². The van der Waals surface area contributed by atoms with Crippen molar-refractivity contribution in [1.82, 2.24) is 10.2 Å². The van der Waals surface area contributed by atoms with E-state index in [1.807, 2.05) is 0 Å². The molecule has 13 heavy (non-hydrogen) atoms. The predicted octanol–water partition coefficient (Wildman–Crippen LogP) is 0.974. The highest BCUT2D eigenvalue weighted by Gasteiger charge is 2.12. The molecule has 3 heteroatoms. The number of nitriles is 1. The summed E-state index contributed by atoms with van der Waals surface area (Å²) in [4.78, 5) is 2.48. The number of hydrogen-bond donors (Lipinski definition) is 1. The molecule has 1 N–H and O–H groups in total. The Bertz CT molecular complexity index is 167. The van der Waals surface area contributed by atoms with Crippen LogP contribution in [0.25, 0.3) is 0 Å². The van der Waals surface area contributed by atoms with Gasteiger partial charge in [-0.15, -0.1) is 0 Å². The zero-order valence-corrected chi connectivity index (χ0v) is 8.42. The first-order chi connectivity index (χ1) is 6.33. The maximum atomic E-state index is 8.39. The van der Waals surface area contributed by atoms with E-state index < -0.39 is 0 Å². The first kappa shape index (κ1) is 10.5. The lowest BCUT2D eigenvalue weighted by atomic mass is 10.1. The Morgan fingerprint density at radius 2 is 2.08 bits per heavy atom. The molecule has 1 aliphatic heterocycles. The van der Waals surface area contributed by atoms with Crippen molar-refractivity contribution >= 4 is 0 Å². The van der Waals surface area contributed by atoms with Crippen molar-refractivity contribution in [2.45, 2.75) is 32.2 Å². The van der Waals surface area contributed by atoms with Gasteiger partial charge < -0.3 is 10.2 Å². The number of hydrogen-bond acceptors (Lipinski definition) is 3. The van der Waals surface area contributed by atoms with E-state index in [4.69, 9.17) is 5.26 Å². The number of likely N-dealkylation sites (tertiary alicyclic amines) is 1. The lowest BCUT2D eigenvalue weighted by molar-refractivity contribution is 0.211. The third-order valence-electron chi connectivity index (χ3n) is 2.51. The molecule has 0 amide bonds. The third-order valence-corrected chi connectivity index (χ3v) is 2.51. The fourth-order valence-electron chi connectivity index (χ4n) is 1.81. The zero-order chi connectivity index (χ0) is 9.52. The van der Waals surface area contributed by atoms with Crippen molar-refractivity contribution in [2.75, 3.05) is 26.2 Å². The molecule has 0 aromatic rings. The Labute approximate surface area is 80.7 Å². The predicted molar refractivity (Wildman–Crippen MR) is 53.4 cm³/mol. The minimum atomic E-state index is 0.442. The molecule has 0 saturated carbocycles. The summed E-state index contributed by atoms with van der Waals surface area (Å²) in [5.74, 6) is 0. The summed E-state index contributed by atoms with van der Waals surface area (Å²) in [6.45, 7) is 6.17. The SMILES string of the molecule is CC(CN1CCCCC1)NCC#N. The Balaban J connectivity index is 2.11. The topological polar surface area (TPSA) is 39.1 Å². The van der Waals surface area contributed by atoms with Gasteiger partial charge in [0.05, 0.1) is 12.6 Å². The lowest BCUT2D eigenvalue weighted by Crippen LogP contribution is -2.41. The van der Waals surface area contributed by atoms with E-state index in [0.29, 0.717) is 12.6 Å². The molecule has 74 valence electrons. The monoisotopic (exact) mass is 181 g/mol. The normalized spacial score (nSPS) is 20.9. The molecule has 3 nitrogen and oxygen atoms in total. The van der Waals surface area contributed by atoms with E-state index in [-0.39, 0.29) is 0 Å². The molecule has 0 bridgehead atoms. The van der Waals surface area contributed by atoms with E-state index >= 15 is 0 Å². The molecule has 1 saturated heterocycles. The third kappa shape index (κ3) is 4.25. The Hall–Kier alpha value is -0.590. The molecule has 0 aromatic carbocycles. The number of nitrogens with one attached hydrogen (secondary N) is 1. The van der Waals surface area contributed by atoms with Crippen molar-refractivity contribution in [3.8, 4) is 6.07 Å². The standard InChI is InChI=1S/C10H19N3/c1-10(12-6-5-11)9-13-7-3-2-4-8-13/h10,12H,2-4,6-9H2,1H3. The van der Waals surface area contributed by atoms with Crippen molar-refractivity contribution < 1.29 is 0 Å². The first-order valence-corrected chi connectivity index (χ1v) is 5.15. The van der Waals surface area contributed by atoms with Gasteiger partial charge in [0.2, 0.25) is 0 Å². The van der Waals surface area contributed by atoms with Crippen LogP contribution in [0.4, 0.5) is 0 Å². The van der Waals surface area contributed by atoms with Crippen molar-refractivity contribution in [2.24, 2.45) is 0 Å². The van der Waals surface area contributed by atoms with E-state index in [1.165, 1.54) is 32.4 Å². The van der Waals surface area contributed by atoms with Crippen molar-refractivity contribution in [3.05, 3.63) is 0 Å². The molecular formula is C10H19N3. The highest BCUT2D eigenvalue weighted by Crippen LogP contribution is 2.08. The van der Waals surface area contributed by atoms with E-state index in [9.17, 15) is 0 Å². The van der Waals surface area contributed by atoms with Gasteiger partial charge in [-0.2, -0.15) is 5.26 Å². The highest BCUT2D eigenvalue weighted by atomic mass is 15.1. The second kappa shape index (κ2) is 5.95. The quantitative estimate of drug-likeness (QED) is 0.657. The van der Waals surface area contributed by atoms with Gasteiger partial charge >= 0.3 is 0 Å². The maximum absolute atomic E-state index is 8.39. The Morgan fingerprint density at radius 3 is 2.69 bits per heavy atom. The average Bonchev–Trinajstić information content (AvgIpc) is 2.16. The van der Waals surface area contributed by atoms with Crippen LogP contribution in [0.3, 0.4) is 0 Å². The van der Waals surface area contributed by atoms with Crippen LogP contribution in [0, 0.1) is 11.3 Å². The average molecular weight is 181 g/mol. The second-order valence-electron chi connectivity index (χ2n) is 3.80. The summed E-state index contributed by atoms with van der Waals surface area (Å²) in [6.07, 6.45) is 4.06. The van der Waals surface area contributed by atoms with Crippen LogP contribution in [-0.2, 0) is 0 Å². The molecule has 1 heterocycles. The van der Waals surface area contributed by atoms with Crippen LogP contribution >= 0.6 is 0 Å². The molecule has 0 aliphatic carbocycles. The van der Waals surface area contributed by atoms with Crippen molar-refractivity contribution in [3.63, 3.8) is 0 Å². The minimum Gasteiger partial charge on any atom is -0.302 e. The summed E-state index contributed by atoms with van der Waals surface area (Å²) in [7, 11) is 0. The van der Waals surface area contributed by atoms with Gasteiger partial charge in [-0.25, -0.2) is 0 Å². The zero-order valence-electron chi connectivity index (χ0n) is 8.42. The number of rotatable bonds is 4. The van der Waals surface area contributed by atoms with Gasteiger partial charge in [0.1, 0.15) is 0 Å². The van der Waals surface area contributed by atoms with Crippen LogP contribution < -0.4 is 5.32 Å². The summed E-state index contributed by atoms with van der Waals surface area (Å²) in [6, 6.07) is 2.55. The first-order valence-electron chi connectivity index (χ1n) is 5.15.